The van der Waals surface area contributed by atoms with Gasteiger partial charge in [0.1, 0.15) is 0 Å². The van der Waals surface area contributed by atoms with Crippen molar-refractivity contribution in [3.8, 4) is 0 Å². The number of pyridine rings is 1. The Bertz CT molecular complexity index is 353. The fourth-order valence-corrected chi connectivity index (χ4v) is 1.88. The third-order valence-electron chi connectivity index (χ3n) is 2.72. The summed E-state index contributed by atoms with van der Waals surface area (Å²) in [5.41, 5.74) is 12.1. The number of primary amides is 1. The Morgan fingerprint density at radius 3 is 2.41 bits per heavy atom. The monoisotopic (exact) mass is 236 g/mol. The molecule has 0 saturated carbocycles. The van der Waals surface area contributed by atoms with E-state index in [1.54, 1.807) is 12.4 Å². The predicted octanol–water partition coefficient (Wildman–Crippen LogP) is 0.277. The third kappa shape index (κ3) is 3.80. The Morgan fingerprint density at radius 2 is 2.00 bits per heavy atom. The SMILES string of the molecule is CC(C)N(CC(N)=O)C(CN)c1ccncc1. The summed E-state index contributed by atoms with van der Waals surface area (Å²) in [4.78, 5) is 17.1. The molecule has 1 amide bonds. The molecule has 1 aromatic heterocycles. The van der Waals surface area contributed by atoms with Gasteiger partial charge in [-0.15, -0.1) is 0 Å². The van der Waals surface area contributed by atoms with Gasteiger partial charge in [-0.3, -0.25) is 14.7 Å². The topological polar surface area (TPSA) is 85.2 Å². The van der Waals surface area contributed by atoms with Crippen molar-refractivity contribution in [2.24, 2.45) is 11.5 Å². The van der Waals surface area contributed by atoms with Crippen LogP contribution in [0.1, 0.15) is 25.5 Å². The minimum absolute atomic E-state index is 0.00880. The van der Waals surface area contributed by atoms with Crippen molar-refractivity contribution in [1.29, 1.82) is 0 Å². The molecule has 17 heavy (non-hydrogen) atoms. The van der Waals surface area contributed by atoms with Crippen molar-refractivity contribution in [3.05, 3.63) is 30.1 Å². The average Bonchev–Trinajstić information content (AvgIpc) is 2.29. The van der Waals surface area contributed by atoms with E-state index in [1.807, 2.05) is 30.9 Å². The van der Waals surface area contributed by atoms with Crippen LogP contribution in [0.4, 0.5) is 0 Å². The zero-order chi connectivity index (χ0) is 12.8. The van der Waals surface area contributed by atoms with Crippen molar-refractivity contribution in [3.63, 3.8) is 0 Å². The molecule has 1 heterocycles. The summed E-state index contributed by atoms with van der Waals surface area (Å²) < 4.78 is 0. The van der Waals surface area contributed by atoms with Crippen molar-refractivity contribution in [2.45, 2.75) is 25.9 Å². The Hall–Kier alpha value is -1.46. The Kier molecular flexibility index (Phi) is 5.06. The van der Waals surface area contributed by atoms with Crippen LogP contribution in [0, 0.1) is 0 Å². The lowest BCUT2D eigenvalue weighted by atomic mass is 10.1. The lowest BCUT2D eigenvalue weighted by molar-refractivity contribution is -0.120. The summed E-state index contributed by atoms with van der Waals surface area (Å²) in [6.45, 7) is 4.69. The highest BCUT2D eigenvalue weighted by Crippen LogP contribution is 2.20. The molecule has 0 fully saturated rings. The minimum atomic E-state index is -0.341. The van der Waals surface area contributed by atoms with Crippen LogP contribution in [0.25, 0.3) is 0 Å². The molecule has 0 spiro atoms. The Labute approximate surface area is 102 Å². The maximum atomic E-state index is 11.1. The lowest BCUT2D eigenvalue weighted by Crippen LogP contribution is -2.43. The second-order valence-corrected chi connectivity index (χ2v) is 4.26. The molecule has 0 bridgehead atoms. The maximum absolute atomic E-state index is 11.1. The van der Waals surface area contributed by atoms with Crippen molar-refractivity contribution in [2.75, 3.05) is 13.1 Å². The van der Waals surface area contributed by atoms with E-state index in [2.05, 4.69) is 4.98 Å². The second kappa shape index (κ2) is 6.32. The van der Waals surface area contributed by atoms with Gasteiger partial charge in [-0.1, -0.05) is 0 Å². The van der Waals surface area contributed by atoms with Crippen molar-refractivity contribution >= 4 is 5.91 Å². The van der Waals surface area contributed by atoms with Crippen LogP contribution < -0.4 is 11.5 Å². The quantitative estimate of drug-likeness (QED) is 0.742. The molecule has 1 unspecified atom stereocenters. The Balaban J connectivity index is 2.93. The number of nitrogens with two attached hydrogens (primary N) is 2. The molecule has 94 valence electrons. The minimum Gasteiger partial charge on any atom is -0.369 e. The van der Waals surface area contributed by atoms with E-state index in [1.165, 1.54) is 0 Å². The maximum Gasteiger partial charge on any atom is 0.231 e. The first-order chi connectivity index (χ1) is 8.06. The molecule has 0 aliphatic carbocycles. The molecule has 0 saturated heterocycles. The van der Waals surface area contributed by atoms with E-state index in [-0.39, 0.29) is 24.5 Å². The van der Waals surface area contributed by atoms with Gasteiger partial charge >= 0.3 is 0 Å². The highest BCUT2D eigenvalue weighted by atomic mass is 16.1. The molecule has 5 nitrogen and oxygen atoms in total. The number of hydrogen-bond donors (Lipinski definition) is 2. The van der Waals surface area contributed by atoms with Crippen LogP contribution in [0.3, 0.4) is 0 Å². The number of amides is 1. The molecule has 1 atom stereocenters. The van der Waals surface area contributed by atoms with Gasteiger partial charge in [0.2, 0.25) is 5.91 Å². The van der Waals surface area contributed by atoms with Crippen molar-refractivity contribution in [1.82, 2.24) is 9.88 Å². The number of aromatic nitrogens is 1. The van der Waals surface area contributed by atoms with Gasteiger partial charge < -0.3 is 11.5 Å². The summed E-state index contributed by atoms with van der Waals surface area (Å²) in [6.07, 6.45) is 3.45. The van der Waals surface area contributed by atoms with E-state index in [0.29, 0.717) is 6.54 Å². The Morgan fingerprint density at radius 1 is 1.41 bits per heavy atom. The van der Waals surface area contributed by atoms with E-state index in [0.717, 1.165) is 5.56 Å². The molecule has 0 aromatic carbocycles. The lowest BCUT2D eigenvalue weighted by Gasteiger charge is -2.33. The van der Waals surface area contributed by atoms with Gasteiger partial charge in [0, 0.05) is 31.0 Å². The highest BCUT2D eigenvalue weighted by molar-refractivity contribution is 5.76. The van der Waals surface area contributed by atoms with Crippen LogP contribution in [0.5, 0.6) is 0 Å². The van der Waals surface area contributed by atoms with Crippen LogP contribution >= 0.6 is 0 Å². The summed E-state index contributed by atoms with van der Waals surface area (Å²) in [6, 6.07) is 4.01. The number of hydrogen-bond acceptors (Lipinski definition) is 4. The van der Waals surface area contributed by atoms with Crippen LogP contribution in [0.15, 0.2) is 24.5 Å². The van der Waals surface area contributed by atoms with Gasteiger partial charge in [0.25, 0.3) is 0 Å². The summed E-state index contributed by atoms with van der Waals surface area (Å²) >= 11 is 0. The molecular formula is C12H20N4O. The number of carbonyl (C=O) groups is 1. The second-order valence-electron chi connectivity index (χ2n) is 4.26. The van der Waals surface area contributed by atoms with Gasteiger partial charge in [-0.05, 0) is 31.5 Å². The third-order valence-corrected chi connectivity index (χ3v) is 2.72. The zero-order valence-corrected chi connectivity index (χ0v) is 10.3. The number of rotatable bonds is 6. The van der Waals surface area contributed by atoms with Crippen LogP contribution in [-0.4, -0.2) is 34.9 Å². The van der Waals surface area contributed by atoms with Gasteiger partial charge in [0.15, 0.2) is 0 Å². The summed E-state index contributed by atoms with van der Waals surface area (Å²) in [5, 5.41) is 0. The van der Waals surface area contributed by atoms with Crippen LogP contribution in [0.2, 0.25) is 0 Å². The van der Waals surface area contributed by atoms with Gasteiger partial charge in [-0.25, -0.2) is 0 Å². The van der Waals surface area contributed by atoms with E-state index in [9.17, 15) is 4.79 Å². The van der Waals surface area contributed by atoms with E-state index >= 15 is 0 Å². The molecular weight excluding hydrogens is 216 g/mol. The molecule has 0 radical (unpaired) electrons. The van der Waals surface area contributed by atoms with E-state index in [4.69, 9.17) is 11.5 Å². The first-order valence-corrected chi connectivity index (χ1v) is 5.70. The molecule has 0 aliphatic rings. The van der Waals surface area contributed by atoms with Crippen molar-refractivity contribution < 1.29 is 4.79 Å². The average molecular weight is 236 g/mol. The van der Waals surface area contributed by atoms with Crippen LogP contribution in [-0.2, 0) is 4.79 Å². The summed E-state index contributed by atoms with van der Waals surface area (Å²) in [5.74, 6) is -0.341. The smallest absolute Gasteiger partial charge is 0.231 e. The first kappa shape index (κ1) is 13.6. The fraction of sp³-hybridized carbons (Fsp3) is 0.500. The first-order valence-electron chi connectivity index (χ1n) is 5.70. The molecule has 4 N–H and O–H groups in total. The normalized spacial score (nSPS) is 13.0. The number of nitrogens with zero attached hydrogens (tertiary/aromatic N) is 2. The van der Waals surface area contributed by atoms with Gasteiger partial charge in [-0.2, -0.15) is 0 Å². The molecule has 1 aromatic rings. The summed E-state index contributed by atoms with van der Waals surface area (Å²) in [7, 11) is 0. The molecule has 5 heteroatoms. The largest absolute Gasteiger partial charge is 0.369 e. The molecule has 1 rings (SSSR count). The molecule has 0 aliphatic heterocycles. The number of carbonyl (C=O) groups excluding carboxylic acids is 1. The standard InChI is InChI=1S/C12H20N4O/c1-9(2)16(8-12(14)17)11(7-13)10-3-5-15-6-4-10/h3-6,9,11H,7-8,13H2,1-2H3,(H2,14,17). The van der Waals surface area contributed by atoms with Gasteiger partial charge in [0.05, 0.1) is 6.54 Å². The highest BCUT2D eigenvalue weighted by Gasteiger charge is 2.22. The zero-order valence-electron chi connectivity index (χ0n) is 10.3. The van der Waals surface area contributed by atoms with E-state index < -0.39 is 0 Å². The predicted molar refractivity (Wildman–Crippen MR) is 67.1 cm³/mol. The fourth-order valence-electron chi connectivity index (χ4n) is 1.88.